The van der Waals surface area contributed by atoms with Crippen LogP contribution in [0.5, 0.6) is 17.2 Å². The van der Waals surface area contributed by atoms with Gasteiger partial charge < -0.3 is 24.8 Å². The number of hydrogen-bond acceptors (Lipinski definition) is 9. The number of Topliss-reactive ketones (excluding diaryl/α,β-unsaturated/α-hetero) is 1. The van der Waals surface area contributed by atoms with Gasteiger partial charge in [-0.15, -0.1) is 0 Å². The van der Waals surface area contributed by atoms with Gasteiger partial charge in [0.15, 0.2) is 11.5 Å². The first-order valence-electron chi connectivity index (χ1n) is 16.3. The number of hydrogen-bond donors (Lipinski definition) is 4. The van der Waals surface area contributed by atoms with Crippen molar-refractivity contribution in [1.29, 1.82) is 0 Å². The number of aliphatic hydroxyl groups is 1. The van der Waals surface area contributed by atoms with Crippen LogP contribution in [-0.2, 0) is 28.3 Å². The molecule has 4 aromatic rings. The zero-order chi connectivity index (χ0) is 32.9. The molecule has 0 aromatic heterocycles. The molecule has 2 bridgehead atoms. The first-order valence-corrected chi connectivity index (χ1v) is 18.7. The standard InChI is InChI=1S/C38H43NO6S2/c1-39-38(27-5-3-4-23(18-27)21-40)45-35-20-29(42)13-7-26-11-17-34(43)37(44-2)36(26)31-16-10-24-6-12-28(41)19-32(24)33(31)22-46-47-30-14-8-25(35)9-15-30/h3-6,10-12,16-19,25,30,35,38-41,43H,7-9,13-15,20-22H2,1-2H3/t25?,30?,35-,38+/m0/s1. The fraction of sp³-hybridized carbons (Fsp3) is 0.395. The maximum Gasteiger partial charge on any atom is 0.168 e. The Bertz CT molecular complexity index is 1720. The average Bonchev–Trinajstić information content (AvgIpc) is 3.09. The predicted octanol–water partition coefficient (Wildman–Crippen LogP) is 8.07. The van der Waals surface area contributed by atoms with Gasteiger partial charge in [0, 0.05) is 29.4 Å². The highest BCUT2D eigenvalue weighted by Crippen LogP contribution is 2.47. The van der Waals surface area contributed by atoms with E-state index in [1.165, 1.54) is 0 Å². The van der Waals surface area contributed by atoms with Crippen molar-refractivity contribution in [2.75, 3.05) is 14.2 Å². The number of rotatable bonds is 6. The summed E-state index contributed by atoms with van der Waals surface area (Å²) >= 11 is 0. The van der Waals surface area contributed by atoms with Crippen LogP contribution in [-0.4, -0.2) is 46.6 Å². The van der Waals surface area contributed by atoms with Crippen LogP contribution in [0.15, 0.2) is 66.7 Å². The number of carbonyl (C=O) groups excluding carboxylic acids is 1. The van der Waals surface area contributed by atoms with E-state index in [4.69, 9.17) is 9.47 Å². The molecule has 0 radical (unpaired) electrons. The van der Waals surface area contributed by atoms with Crippen molar-refractivity contribution >= 4 is 38.1 Å². The molecule has 1 fully saturated rings. The molecule has 9 heteroatoms. The van der Waals surface area contributed by atoms with Crippen molar-refractivity contribution < 1.29 is 29.6 Å². The predicted molar refractivity (Wildman–Crippen MR) is 191 cm³/mol. The Morgan fingerprint density at radius 2 is 1.79 bits per heavy atom. The Hall–Kier alpha value is -3.21. The Kier molecular flexibility index (Phi) is 11.0. The maximum atomic E-state index is 13.8. The summed E-state index contributed by atoms with van der Waals surface area (Å²) in [6.45, 7) is -0.0426. The maximum absolute atomic E-state index is 13.8. The third kappa shape index (κ3) is 7.60. The Labute approximate surface area is 284 Å². The van der Waals surface area contributed by atoms with Crippen LogP contribution >= 0.6 is 21.6 Å². The number of ether oxygens (including phenoxy) is 2. The number of phenolic OH excluding ortho intramolecular Hbond substituents is 2. The normalized spacial score (nSPS) is 21.3. The Morgan fingerprint density at radius 1 is 0.979 bits per heavy atom. The van der Waals surface area contributed by atoms with Gasteiger partial charge in [0.1, 0.15) is 17.8 Å². The summed E-state index contributed by atoms with van der Waals surface area (Å²) in [5.41, 5.74) is 5.47. The molecule has 1 saturated carbocycles. The molecular formula is C38H43NO6S2. The number of fused-ring (bicyclic) bond motifs is 9. The van der Waals surface area contributed by atoms with E-state index >= 15 is 0 Å². The van der Waals surface area contributed by atoms with Gasteiger partial charge in [-0.25, -0.2) is 0 Å². The summed E-state index contributed by atoms with van der Waals surface area (Å²) in [5.74, 6) is 1.75. The quantitative estimate of drug-likeness (QED) is 0.119. The number of ketones is 1. The highest BCUT2D eigenvalue weighted by molar-refractivity contribution is 8.76. The lowest BCUT2D eigenvalue weighted by Crippen LogP contribution is -2.35. The lowest BCUT2D eigenvalue weighted by molar-refractivity contribution is -0.127. The van der Waals surface area contributed by atoms with E-state index in [1.807, 2.05) is 77.2 Å². The van der Waals surface area contributed by atoms with Crippen molar-refractivity contribution in [1.82, 2.24) is 5.32 Å². The molecule has 4 N–H and O–H groups in total. The van der Waals surface area contributed by atoms with Crippen molar-refractivity contribution in [3.63, 3.8) is 0 Å². The van der Waals surface area contributed by atoms with Crippen LogP contribution in [0.25, 0.3) is 21.9 Å². The molecule has 0 amide bonds. The van der Waals surface area contributed by atoms with Crippen molar-refractivity contribution in [2.45, 2.75) is 74.9 Å². The zero-order valence-corrected chi connectivity index (χ0v) is 28.5. The monoisotopic (exact) mass is 673 g/mol. The van der Waals surface area contributed by atoms with Crippen LogP contribution in [0.1, 0.15) is 67.0 Å². The van der Waals surface area contributed by atoms with Gasteiger partial charge in [-0.1, -0.05) is 64.1 Å². The molecular weight excluding hydrogens is 631 g/mol. The number of phenols is 2. The lowest BCUT2D eigenvalue weighted by atomic mass is 9.82. The third-order valence-corrected chi connectivity index (χ3v) is 12.4. The Morgan fingerprint density at radius 3 is 2.55 bits per heavy atom. The van der Waals surface area contributed by atoms with Gasteiger partial charge in [-0.05, 0) is 108 Å². The number of benzene rings is 4. The molecule has 2 heterocycles. The number of nitrogens with one attached hydrogen (secondary N) is 1. The largest absolute Gasteiger partial charge is 0.508 e. The molecule has 47 heavy (non-hydrogen) atoms. The first kappa shape index (κ1) is 33.7. The summed E-state index contributed by atoms with van der Waals surface area (Å²) in [6, 6.07) is 20.9. The first-order chi connectivity index (χ1) is 22.9. The second kappa shape index (κ2) is 15.3. The molecule has 7 rings (SSSR count). The lowest BCUT2D eigenvalue weighted by Gasteiger charge is -2.35. The molecule has 0 saturated heterocycles. The fourth-order valence-electron chi connectivity index (χ4n) is 7.10. The number of aromatic hydroxyl groups is 2. The van der Waals surface area contributed by atoms with Gasteiger partial charge >= 0.3 is 0 Å². The molecule has 0 spiro atoms. The number of methoxy groups -OCH3 is 1. The second-order valence-corrected chi connectivity index (χ2v) is 15.2. The zero-order valence-electron chi connectivity index (χ0n) is 26.9. The minimum absolute atomic E-state index is 0.0426. The number of carbonyl (C=O) groups is 1. The third-order valence-electron chi connectivity index (χ3n) is 9.58. The van der Waals surface area contributed by atoms with Crippen molar-refractivity contribution in [2.24, 2.45) is 5.92 Å². The van der Waals surface area contributed by atoms with E-state index in [1.54, 1.807) is 19.2 Å². The van der Waals surface area contributed by atoms with Gasteiger partial charge in [-0.3, -0.25) is 10.1 Å². The molecule has 3 aliphatic rings. The fourth-order valence-corrected chi connectivity index (χ4v) is 9.96. The summed E-state index contributed by atoms with van der Waals surface area (Å²) < 4.78 is 12.6. The molecule has 2 atom stereocenters. The Balaban J connectivity index is 1.36. The molecule has 2 aliphatic heterocycles. The van der Waals surface area contributed by atoms with Crippen LogP contribution in [0, 0.1) is 5.92 Å². The highest BCUT2D eigenvalue weighted by atomic mass is 33.1. The highest BCUT2D eigenvalue weighted by Gasteiger charge is 2.33. The molecule has 7 nitrogen and oxygen atoms in total. The van der Waals surface area contributed by atoms with Gasteiger partial charge in [0.05, 0.1) is 19.8 Å². The van der Waals surface area contributed by atoms with Crippen LogP contribution in [0.2, 0.25) is 0 Å². The minimum Gasteiger partial charge on any atom is -0.508 e. The number of aryl methyl sites for hydroxylation is 1. The number of aliphatic hydroxyl groups excluding tert-OH is 1. The summed E-state index contributed by atoms with van der Waals surface area (Å²) in [7, 11) is 7.17. The van der Waals surface area contributed by atoms with Gasteiger partial charge in [-0.2, -0.15) is 0 Å². The van der Waals surface area contributed by atoms with Crippen LogP contribution in [0.4, 0.5) is 0 Å². The van der Waals surface area contributed by atoms with Crippen molar-refractivity contribution in [3.8, 4) is 28.4 Å². The summed E-state index contributed by atoms with van der Waals surface area (Å²) in [6.07, 6.45) is 4.59. The van der Waals surface area contributed by atoms with Crippen molar-refractivity contribution in [3.05, 3.63) is 89.0 Å². The molecule has 248 valence electrons. The smallest absolute Gasteiger partial charge is 0.168 e. The van der Waals surface area contributed by atoms with Crippen LogP contribution < -0.4 is 10.1 Å². The van der Waals surface area contributed by atoms with Gasteiger partial charge in [0.2, 0.25) is 0 Å². The summed E-state index contributed by atoms with van der Waals surface area (Å²) in [5, 5.41) is 36.8. The van der Waals surface area contributed by atoms with E-state index in [0.717, 1.165) is 69.8 Å². The minimum atomic E-state index is -0.397. The van der Waals surface area contributed by atoms with E-state index in [2.05, 4.69) is 11.4 Å². The molecule has 4 aromatic carbocycles. The van der Waals surface area contributed by atoms with E-state index in [0.29, 0.717) is 36.0 Å². The summed E-state index contributed by atoms with van der Waals surface area (Å²) in [4.78, 5) is 13.8. The molecule has 1 aliphatic carbocycles. The molecule has 0 unspecified atom stereocenters. The van der Waals surface area contributed by atoms with E-state index in [-0.39, 0.29) is 35.9 Å². The van der Waals surface area contributed by atoms with Gasteiger partial charge in [0.25, 0.3) is 0 Å². The average molecular weight is 674 g/mol. The van der Waals surface area contributed by atoms with E-state index < -0.39 is 6.23 Å². The second-order valence-electron chi connectivity index (χ2n) is 12.5. The van der Waals surface area contributed by atoms with E-state index in [9.17, 15) is 20.1 Å². The topological polar surface area (TPSA) is 108 Å². The SMILES string of the molecule is CN[C@H](O[C@H]1CC(=O)CCc2ccc(O)c(OC)c2-c2ccc3ccc(O)cc3c2CSSC2CCC1CC2)c1cccc(CO)c1. The van der Waals surface area contributed by atoms with Crippen LogP contribution in [0.3, 0.4) is 0 Å².